The molecule has 8 heteroatoms. The van der Waals surface area contributed by atoms with Gasteiger partial charge in [-0.15, -0.1) is 0 Å². The monoisotopic (exact) mass is 365 g/mol. The third-order valence-corrected chi connectivity index (χ3v) is 4.42. The molecule has 1 unspecified atom stereocenters. The number of benzene rings is 1. The van der Waals surface area contributed by atoms with Gasteiger partial charge in [0, 0.05) is 6.42 Å². The van der Waals surface area contributed by atoms with Crippen LogP contribution in [0.1, 0.15) is 29.9 Å². The number of hydrogen-bond acceptors (Lipinski definition) is 6. The lowest BCUT2D eigenvalue weighted by Crippen LogP contribution is -2.26. The number of aryl methyl sites for hydroxylation is 2. The number of carbonyl (C=O) groups excluding carboxylic acids is 1. The molecule has 1 amide bonds. The van der Waals surface area contributed by atoms with Crippen molar-refractivity contribution in [3.8, 4) is 6.07 Å². The van der Waals surface area contributed by atoms with Crippen LogP contribution in [-0.4, -0.2) is 20.6 Å². The smallest absolute Gasteiger partial charge is 0.267 e. The first-order valence-corrected chi connectivity index (χ1v) is 8.59. The minimum atomic E-state index is -0.851. The molecular weight excluding hydrogens is 346 g/mol. The van der Waals surface area contributed by atoms with Crippen molar-refractivity contribution < 1.29 is 9.32 Å². The predicted octanol–water partition coefficient (Wildman–Crippen LogP) is 1.69. The van der Waals surface area contributed by atoms with E-state index in [2.05, 4.69) is 10.1 Å². The maximum Gasteiger partial charge on any atom is 0.267 e. The molecule has 2 heterocycles. The number of carbonyl (C=O) groups is 1. The minimum Gasteiger partial charge on any atom is -0.369 e. The van der Waals surface area contributed by atoms with Gasteiger partial charge in [-0.2, -0.15) is 10.2 Å². The minimum absolute atomic E-state index is 0.198. The van der Waals surface area contributed by atoms with E-state index >= 15 is 0 Å². The molecule has 0 saturated heterocycles. The second-order valence-corrected chi connectivity index (χ2v) is 6.33. The highest BCUT2D eigenvalue weighted by Gasteiger charge is 2.19. The fourth-order valence-corrected chi connectivity index (χ4v) is 2.96. The van der Waals surface area contributed by atoms with Gasteiger partial charge in [-0.1, -0.05) is 35.5 Å². The summed E-state index contributed by atoms with van der Waals surface area (Å²) in [5.74, 6) is -0.974. The van der Waals surface area contributed by atoms with Crippen LogP contribution in [-0.2, 0) is 17.8 Å². The first-order chi connectivity index (χ1) is 13.0. The molecule has 138 valence electrons. The molecule has 0 bridgehead atoms. The number of hydrogen-bond donors (Lipinski definition) is 1. The molecule has 0 saturated carbocycles. The SMILES string of the molecule is Cc1noc2nc(CCCC(C#N)C(N)=O)n(Cc3ccccc3)c(=O)c12. The fourth-order valence-electron chi connectivity index (χ4n) is 2.96. The van der Waals surface area contributed by atoms with E-state index in [1.165, 1.54) is 0 Å². The average molecular weight is 365 g/mol. The Bertz CT molecular complexity index is 1060. The summed E-state index contributed by atoms with van der Waals surface area (Å²) < 4.78 is 6.75. The van der Waals surface area contributed by atoms with Crippen LogP contribution in [0.4, 0.5) is 0 Å². The molecular formula is C19H19N5O3. The van der Waals surface area contributed by atoms with E-state index < -0.39 is 11.8 Å². The number of nitrogens with two attached hydrogens (primary N) is 1. The number of rotatable bonds is 7. The highest BCUT2D eigenvalue weighted by atomic mass is 16.5. The van der Waals surface area contributed by atoms with Gasteiger partial charge in [0.25, 0.3) is 11.3 Å². The van der Waals surface area contributed by atoms with Crippen LogP contribution in [0, 0.1) is 24.2 Å². The third kappa shape index (κ3) is 3.87. The molecule has 2 aromatic heterocycles. The molecule has 0 aliphatic rings. The zero-order valence-corrected chi connectivity index (χ0v) is 14.9. The summed E-state index contributed by atoms with van der Waals surface area (Å²) in [5.41, 5.74) is 6.64. The number of amides is 1. The van der Waals surface area contributed by atoms with Crippen LogP contribution in [0.5, 0.6) is 0 Å². The summed E-state index contributed by atoms with van der Waals surface area (Å²) >= 11 is 0. The number of nitrogens with zero attached hydrogens (tertiary/aromatic N) is 4. The van der Waals surface area contributed by atoms with Gasteiger partial charge >= 0.3 is 0 Å². The van der Waals surface area contributed by atoms with Crippen molar-refractivity contribution in [3.05, 3.63) is 57.8 Å². The maximum absolute atomic E-state index is 13.0. The number of nitriles is 1. The molecule has 0 aliphatic heterocycles. The molecule has 0 spiro atoms. The summed E-state index contributed by atoms with van der Waals surface area (Å²) in [6, 6.07) is 11.5. The summed E-state index contributed by atoms with van der Waals surface area (Å²) in [4.78, 5) is 28.7. The molecule has 3 rings (SSSR count). The average Bonchev–Trinajstić information content (AvgIpc) is 3.03. The van der Waals surface area contributed by atoms with Gasteiger partial charge in [-0.3, -0.25) is 14.2 Å². The van der Waals surface area contributed by atoms with Gasteiger partial charge < -0.3 is 10.3 Å². The highest BCUT2D eigenvalue weighted by Crippen LogP contribution is 2.16. The van der Waals surface area contributed by atoms with Crippen LogP contribution >= 0.6 is 0 Å². The Labute approximate surface area is 155 Å². The normalized spacial score (nSPS) is 12.0. The lowest BCUT2D eigenvalue weighted by atomic mass is 10.0. The lowest BCUT2D eigenvalue weighted by molar-refractivity contribution is -0.120. The Morgan fingerprint density at radius 2 is 2.11 bits per heavy atom. The van der Waals surface area contributed by atoms with Gasteiger partial charge in [-0.25, -0.2) is 0 Å². The van der Waals surface area contributed by atoms with E-state index in [0.717, 1.165) is 5.56 Å². The number of primary amides is 1. The first-order valence-electron chi connectivity index (χ1n) is 8.59. The van der Waals surface area contributed by atoms with Crippen molar-refractivity contribution in [2.45, 2.75) is 32.7 Å². The standard InChI is InChI=1S/C19H19N5O3/c1-12-16-18(27-23-12)22-15(9-5-8-14(10-20)17(21)25)24(19(16)26)11-13-6-3-2-4-7-13/h2-4,6-7,14H,5,8-9,11H2,1H3,(H2,21,25). The number of fused-ring (bicyclic) bond motifs is 1. The zero-order valence-electron chi connectivity index (χ0n) is 14.9. The Balaban J connectivity index is 1.95. The lowest BCUT2D eigenvalue weighted by Gasteiger charge is -2.12. The molecule has 3 aromatic rings. The van der Waals surface area contributed by atoms with E-state index in [1.54, 1.807) is 11.5 Å². The molecule has 2 N–H and O–H groups in total. The van der Waals surface area contributed by atoms with E-state index in [4.69, 9.17) is 15.5 Å². The quantitative estimate of drug-likeness (QED) is 0.678. The van der Waals surface area contributed by atoms with E-state index in [1.807, 2.05) is 36.4 Å². The van der Waals surface area contributed by atoms with Crippen molar-refractivity contribution in [3.63, 3.8) is 0 Å². The Hall–Kier alpha value is -3.47. The molecule has 27 heavy (non-hydrogen) atoms. The predicted molar refractivity (Wildman–Crippen MR) is 97.6 cm³/mol. The van der Waals surface area contributed by atoms with Crippen LogP contribution in [0.3, 0.4) is 0 Å². The van der Waals surface area contributed by atoms with Gasteiger partial charge in [0.2, 0.25) is 5.91 Å². The van der Waals surface area contributed by atoms with Gasteiger partial charge in [0.15, 0.2) is 0 Å². The fraction of sp³-hybridized carbons (Fsp3) is 0.316. The molecule has 0 aliphatic carbocycles. The van der Waals surface area contributed by atoms with Crippen LogP contribution in [0.2, 0.25) is 0 Å². The second kappa shape index (κ2) is 7.83. The second-order valence-electron chi connectivity index (χ2n) is 6.33. The van der Waals surface area contributed by atoms with Crippen LogP contribution in [0.25, 0.3) is 11.1 Å². The molecule has 0 fully saturated rings. The largest absolute Gasteiger partial charge is 0.369 e. The van der Waals surface area contributed by atoms with E-state index in [9.17, 15) is 9.59 Å². The van der Waals surface area contributed by atoms with Crippen LogP contribution < -0.4 is 11.3 Å². The zero-order chi connectivity index (χ0) is 19.4. The first kappa shape index (κ1) is 18.3. The van der Waals surface area contributed by atoms with Crippen molar-refractivity contribution in [2.75, 3.05) is 0 Å². The van der Waals surface area contributed by atoms with E-state index in [0.29, 0.717) is 42.7 Å². The Morgan fingerprint density at radius 1 is 1.37 bits per heavy atom. The third-order valence-electron chi connectivity index (χ3n) is 4.42. The van der Waals surface area contributed by atoms with E-state index in [-0.39, 0.29) is 11.3 Å². The molecule has 0 radical (unpaired) electrons. The summed E-state index contributed by atoms with van der Waals surface area (Å²) in [7, 11) is 0. The summed E-state index contributed by atoms with van der Waals surface area (Å²) in [5, 5.41) is 13.2. The maximum atomic E-state index is 13.0. The molecule has 1 aromatic carbocycles. The van der Waals surface area contributed by atoms with Crippen molar-refractivity contribution in [1.29, 1.82) is 5.26 Å². The summed E-state index contributed by atoms with van der Waals surface area (Å²) in [6.07, 6.45) is 1.20. The Morgan fingerprint density at radius 3 is 2.78 bits per heavy atom. The topological polar surface area (TPSA) is 128 Å². The van der Waals surface area contributed by atoms with Crippen molar-refractivity contribution in [1.82, 2.24) is 14.7 Å². The van der Waals surface area contributed by atoms with Gasteiger partial charge in [-0.05, 0) is 25.3 Å². The van der Waals surface area contributed by atoms with Gasteiger partial charge in [0.05, 0.1) is 18.3 Å². The summed E-state index contributed by atoms with van der Waals surface area (Å²) in [6.45, 7) is 2.06. The van der Waals surface area contributed by atoms with Crippen LogP contribution in [0.15, 0.2) is 39.6 Å². The van der Waals surface area contributed by atoms with Gasteiger partial charge in [0.1, 0.15) is 17.1 Å². The molecule has 8 nitrogen and oxygen atoms in total. The number of aromatic nitrogens is 3. The highest BCUT2D eigenvalue weighted by molar-refractivity contribution is 5.79. The van der Waals surface area contributed by atoms with Crippen molar-refractivity contribution in [2.24, 2.45) is 11.7 Å². The molecule has 1 atom stereocenters. The van der Waals surface area contributed by atoms with Crippen molar-refractivity contribution >= 4 is 17.0 Å². The Kier molecular flexibility index (Phi) is 5.31.